The number of aliphatic hydroxyl groups excluding tert-OH is 1. The zero-order valence-electron chi connectivity index (χ0n) is 15.7. The van der Waals surface area contributed by atoms with Crippen LogP contribution in [0.2, 0.25) is 0 Å². The van der Waals surface area contributed by atoms with Gasteiger partial charge in [0.15, 0.2) is 5.75 Å². The number of esters is 1. The molecule has 0 unspecified atom stereocenters. The lowest BCUT2D eigenvalue weighted by Crippen LogP contribution is -2.31. The molecule has 8 nitrogen and oxygen atoms in total. The Kier molecular flexibility index (Phi) is 6.12. The summed E-state index contributed by atoms with van der Waals surface area (Å²) in [7, 11) is 1.24. The summed E-state index contributed by atoms with van der Waals surface area (Å²) < 4.78 is 10.7. The summed E-state index contributed by atoms with van der Waals surface area (Å²) in [5.74, 6) is -0.0817. The van der Waals surface area contributed by atoms with Crippen LogP contribution in [0, 0.1) is 11.3 Å². The summed E-state index contributed by atoms with van der Waals surface area (Å²) in [5.41, 5.74) is 1.25. The van der Waals surface area contributed by atoms with Gasteiger partial charge in [-0.25, -0.2) is 4.79 Å². The minimum Gasteiger partial charge on any atom is -0.466 e. The minimum absolute atomic E-state index is 0.0487. The Morgan fingerprint density at radius 3 is 2.62 bits per heavy atom. The lowest BCUT2D eigenvalue weighted by molar-refractivity contribution is -0.136. The van der Waals surface area contributed by atoms with E-state index in [0.29, 0.717) is 22.7 Å². The van der Waals surface area contributed by atoms with Crippen LogP contribution in [-0.4, -0.2) is 48.7 Å². The van der Waals surface area contributed by atoms with Crippen LogP contribution in [0.4, 0.5) is 5.69 Å². The maximum Gasteiger partial charge on any atom is 0.337 e. The molecule has 0 aliphatic carbocycles. The van der Waals surface area contributed by atoms with Crippen molar-refractivity contribution in [3.8, 4) is 17.6 Å². The predicted octanol–water partition coefficient (Wildman–Crippen LogP) is 2.02. The van der Waals surface area contributed by atoms with Crippen LogP contribution >= 0.6 is 0 Å². The molecule has 0 atom stereocenters. The smallest absolute Gasteiger partial charge is 0.337 e. The first-order valence-corrected chi connectivity index (χ1v) is 8.83. The van der Waals surface area contributed by atoms with Gasteiger partial charge >= 0.3 is 5.97 Å². The number of ether oxygens (including phenoxy) is 2. The standard InChI is InChI=1S/C21H19N3O5/c1-28-21(27)16-13-24(10-11-25)20(26)19(16)23-17-4-2-3-5-18(17)29-15-8-6-14(12-22)7-9-15/h2-9,23,25H,10-11,13H2,1H3. The van der Waals surface area contributed by atoms with E-state index in [4.69, 9.17) is 19.8 Å². The summed E-state index contributed by atoms with van der Waals surface area (Å²) in [6.07, 6.45) is 0. The second-order valence-electron chi connectivity index (χ2n) is 6.15. The zero-order valence-corrected chi connectivity index (χ0v) is 15.7. The number of hydrogen-bond donors (Lipinski definition) is 2. The molecule has 2 aromatic rings. The Bertz CT molecular complexity index is 992. The number of nitrogens with zero attached hydrogens (tertiary/aromatic N) is 2. The average molecular weight is 393 g/mol. The van der Waals surface area contributed by atoms with E-state index in [2.05, 4.69) is 5.32 Å². The molecule has 1 aliphatic rings. The van der Waals surface area contributed by atoms with Crippen LogP contribution in [0.1, 0.15) is 5.56 Å². The fourth-order valence-electron chi connectivity index (χ4n) is 2.87. The molecule has 8 heteroatoms. The van der Waals surface area contributed by atoms with Gasteiger partial charge in [-0.1, -0.05) is 12.1 Å². The van der Waals surface area contributed by atoms with Crippen LogP contribution < -0.4 is 10.1 Å². The van der Waals surface area contributed by atoms with E-state index in [0.717, 1.165) is 0 Å². The van der Waals surface area contributed by atoms with Gasteiger partial charge in [0.2, 0.25) is 0 Å². The quantitative estimate of drug-likeness (QED) is 0.692. The van der Waals surface area contributed by atoms with Gasteiger partial charge in [-0.15, -0.1) is 0 Å². The Hall–Kier alpha value is -3.83. The summed E-state index contributed by atoms with van der Waals surface area (Å²) in [6, 6.07) is 15.6. The molecule has 2 N–H and O–H groups in total. The molecule has 0 spiro atoms. The molecule has 1 amide bonds. The van der Waals surface area contributed by atoms with Crippen LogP contribution in [0.15, 0.2) is 59.8 Å². The largest absolute Gasteiger partial charge is 0.466 e. The molecule has 3 rings (SSSR count). The third-order valence-corrected chi connectivity index (χ3v) is 4.31. The topological polar surface area (TPSA) is 112 Å². The first kappa shape index (κ1) is 19.9. The Labute approximate surface area is 167 Å². The first-order chi connectivity index (χ1) is 14.1. The number of nitriles is 1. The number of rotatable bonds is 7. The van der Waals surface area contributed by atoms with Crippen molar-refractivity contribution in [2.75, 3.05) is 32.1 Å². The van der Waals surface area contributed by atoms with E-state index in [9.17, 15) is 9.59 Å². The maximum atomic E-state index is 12.7. The van der Waals surface area contributed by atoms with Crippen molar-refractivity contribution >= 4 is 17.6 Å². The van der Waals surface area contributed by atoms with E-state index in [1.165, 1.54) is 12.0 Å². The van der Waals surface area contributed by atoms with Gasteiger partial charge in [0, 0.05) is 6.54 Å². The minimum atomic E-state index is -0.619. The van der Waals surface area contributed by atoms with Crippen molar-refractivity contribution in [3.05, 3.63) is 65.4 Å². The van der Waals surface area contributed by atoms with Crippen molar-refractivity contribution in [2.24, 2.45) is 0 Å². The van der Waals surface area contributed by atoms with Crippen molar-refractivity contribution < 1.29 is 24.2 Å². The van der Waals surface area contributed by atoms with Gasteiger partial charge in [0.25, 0.3) is 5.91 Å². The SMILES string of the molecule is COC(=O)C1=C(Nc2ccccc2Oc2ccc(C#N)cc2)C(=O)N(CCO)C1. The predicted molar refractivity (Wildman–Crippen MR) is 104 cm³/mol. The third-order valence-electron chi connectivity index (χ3n) is 4.31. The van der Waals surface area contributed by atoms with Gasteiger partial charge in [0.05, 0.1) is 43.2 Å². The summed E-state index contributed by atoms with van der Waals surface area (Å²) >= 11 is 0. The van der Waals surface area contributed by atoms with Crippen LogP contribution in [0.3, 0.4) is 0 Å². The molecular formula is C21H19N3O5. The van der Waals surface area contributed by atoms with E-state index in [1.807, 2.05) is 6.07 Å². The van der Waals surface area contributed by atoms with Gasteiger partial charge in [-0.3, -0.25) is 4.79 Å². The number of para-hydroxylation sites is 2. The molecule has 0 aromatic heterocycles. The molecule has 148 valence electrons. The molecule has 29 heavy (non-hydrogen) atoms. The number of nitrogens with one attached hydrogen (secondary N) is 1. The third kappa shape index (κ3) is 4.36. The number of carbonyl (C=O) groups excluding carboxylic acids is 2. The first-order valence-electron chi connectivity index (χ1n) is 8.83. The molecular weight excluding hydrogens is 374 g/mol. The van der Waals surface area contributed by atoms with Crippen molar-refractivity contribution in [1.82, 2.24) is 4.90 Å². The number of carbonyl (C=O) groups is 2. The number of amides is 1. The average Bonchev–Trinajstić information content (AvgIpc) is 3.05. The van der Waals surface area contributed by atoms with E-state index < -0.39 is 11.9 Å². The highest BCUT2D eigenvalue weighted by atomic mass is 16.5. The highest BCUT2D eigenvalue weighted by Crippen LogP contribution is 2.32. The lowest BCUT2D eigenvalue weighted by Gasteiger charge is -2.16. The fourth-order valence-corrected chi connectivity index (χ4v) is 2.87. The molecule has 0 saturated heterocycles. The second kappa shape index (κ2) is 8.91. The van der Waals surface area contributed by atoms with Crippen molar-refractivity contribution in [3.63, 3.8) is 0 Å². The molecule has 0 fully saturated rings. The number of aliphatic hydroxyl groups is 1. The van der Waals surface area contributed by atoms with E-state index in [1.54, 1.807) is 48.5 Å². The second-order valence-corrected chi connectivity index (χ2v) is 6.15. The monoisotopic (exact) mass is 393 g/mol. The van der Waals surface area contributed by atoms with Crippen LogP contribution in [0.25, 0.3) is 0 Å². The number of β-amino-alcohol motifs (C(OH)–C–C–N with tert-alkyl or cyclic N) is 1. The molecule has 1 aliphatic heterocycles. The molecule has 1 heterocycles. The van der Waals surface area contributed by atoms with Gasteiger partial charge in [0.1, 0.15) is 11.4 Å². The lowest BCUT2D eigenvalue weighted by atomic mass is 10.2. The summed E-state index contributed by atoms with van der Waals surface area (Å²) in [5, 5.41) is 21.0. The number of hydrogen-bond acceptors (Lipinski definition) is 7. The van der Waals surface area contributed by atoms with Crippen molar-refractivity contribution in [1.29, 1.82) is 5.26 Å². The van der Waals surface area contributed by atoms with E-state index in [-0.39, 0.29) is 31.0 Å². The van der Waals surface area contributed by atoms with Crippen LogP contribution in [0.5, 0.6) is 11.5 Å². The van der Waals surface area contributed by atoms with Crippen LogP contribution in [-0.2, 0) is 14.3 Å². The zero-order chi connectivity index (χ0) is 20.8. The highest BCUT2D eigenvalue weighted by molar-refractivity contribution is 6.08. The van der Waals surface area contributed by atoms with Gasteiger partial charge in [-0.05, 0) is 36.4 Å². The Morgan fingerprint density at radius 1 is 1.24 bits per heavy atom. The molecule has 2 aromatic carbocycles. The molecule has 0 saturated carbocycles. The number of methoxy groups -OCH3 is 1. The maximum absolute atomic E-state index is 12.7. The van der Waals surface area contributed by atoms with Gasteiger partial charge in [-0.2, -0.15) is 5.26 Å². The van der Waals surface area contributed by atoms with Crippen molar-refractivity contribution in [2.45, 2.75) is 0 Å². The fraction of sp³-hybridized carbons (Fsp3) is 0.190. The highest BCUT2D eigenvalue weighted by Gasteiger charge is 2.34. The Morgan fingerprint density at radius 2 is 1.97 bits per heavy atom. The number of anilines is 1. The number of benzene rings is 2. The molecule has 0 bridgehead atoms. The summed E-state index contributed by atoms with van der Waals surface area (Å²) in [6.45, 7) is -0.0627. The van der Waals surface area contributed by atoms with Gasteiger partial charge < -0.3 is 24.8 Å². The normalized spacial score (nSPS) is 13.3. The summed E-state index contributed by atoms with van der Waals surface area (Å²) in [4.78, 5) is 26.2. The van der Waals surface area contributed by atoms with E-state index >= 15 is 0 Å². The molecule has 0 radical (unpaired) electrons. The Balaban J connectivity index is 1.89.